The Morgan fingerprint density at radius 2 is 1.16 bits per heavy atom. The first-order chi connectivity index (χ1) is 24.3. The molecule has 0 saturated heterocycles. The lowest BCUT2D eigenvalue weighted by atomic mass is 9.94. The normalized spacial score (nSPS) is 12.1. The van der Waals surface area contributed by atoms with E-state index in [1.165, 1.54) is 31.6 Å². The van der Waals surface area contributed by atoms with Crippen LogP contribution in [0.15, 0.2) is 156 Å². The highest BCUT2D eigenvalue weighted by atomic mass is 32.1. The number of para-hydroxylation sites is 2. The Bertz CT molecular complexity index is 3110. The zero-order chi connectivity index (χ0) is 32.1. The molecule has 0 fully saturated rings. The maximum Gasteiger partial charge on any atom is 0.236 e. The molecule has 0 saturated carbocycles. The molecule has 0 N–H and O–H groups in total. The number of aromatic nitrogens is 3. The van der Waals surface area contributed by atoms with Gasteiger partial charge in [0.1, 0.15) is 16.0 Å². The number of benzene rings is 7. The lowest BCUT2D eigenvalue weighted by Gasteiger charge is -2.13. The molecule has 0 aliphatic rings. The van der Waals surface area contributed by atoms with Crippen molar-refractivity contribution in [1.82, 2.24) is 14.5 Å². The van der Waals surface area contributed by atoms with E-state index in [4.69, 9.17) is 14.4 Å². The minimum Gasteiger partial charge on any atom is -0.456 e. The topological polar surface area (TPSA) is 43.9 Å². The van der Waals surface area contributed by atoms with Gasteiger partial charge in [-0.2, -0.15) is 0 Å². The molecule has 5 heteroatoms. The molecule has 11 rings (SSSR count). The van der Waals surface area contributed by atoms with Gasteiger partial charge < -0.3 is 4.42 Å². The van der Waals surface area contributed by atoms with Crippen molar-refractivity contribution in [2.45, 2.75) is 0 Å². The lowest BCUT2D eigenvalue weighted by molar-refractivity contribution is 0.669. The maximum atomic E-state index is 6.20. The van der Waals surface area contributed by atoms with E-state index in [0.717, 1.165) is 65.6 Å². The molecule has 4 nitrogen and oxygen atoms in total. The van der Waals surface area contributed by atoms with Crippen LogP contribution in [0.4, 0.5) is 0 Å². The molecular formula is C44H25N3OS. The van der Waals surface area contributed by atoms with Gasteiger partial charge in [-0.3, -0.25) is 4.57 Å². The highest BCUT2D eigenvalue weighted by Crippen LogP contribution is 2.44. The largest absolute Gasteiger partial charge is 0.456 e. The molecule has 228 valence electrons. The summed E-state index contributed by atoms with van der Waals surface area (Å²) < 4.78 is 9.68. The average molecular weight is 644 g/mol. The molecule has 0 amide bonds. The fourth-order valence-electron chi connectivity index (χ4n) is 7.69. The number of nitrogens with zero attached hydrogens (tertiary/aromatic N) is 3. The van der Waals surface area contributed by atoms with Gasteiger partial charge in [0.25, 0.3) is 0 Å². The second kappa shape index (κ2) is 10.1. The van der Waals surface area contributed by atoms with Gasteiger partial charge in [-0.15, -0.1) is 11.3 Å². The van der Waals surface area contributed by atoms with E-state index in [9.17, 15) is 0 Å². The summed E-state index contributed by atoms with van der Waals surface area (Å²) in [6.45, 7) is 0. The zero-order valence-corrected chi connectivity index (χ0v) is 26.9. The number of hydrogen-bond donors (Lipinski definition) is 0. The van der Waals surface area contributed by atoms with Crippen LogP contribution >= 0.6 is 11.3 Å². The summed E-state index contributed by atoms with van der Waals surface area (Å²) in [5.41, 5.74) is 8.27. The fourth-order valence-corrected chi connectivity index (χ4v) is 8.77. The summed E-state index contributed by atoms with van der Waals surface area (Å²) in [4.78, 5) is 11.8. The molecule has 0 aliphatic carbocycles. The Hall–Kier alpha value is -6.30. The summed E-state index contributed by atoms with van der Waals surface area (Å²) in [5, 5.41) is 9.31. The van der Waals surface area contributed by atoms with Gasteiger partial charge in [0.2, 0.25) is 5.95 Å². The van der Waals surface area contributed by atoms with E-state index < -0.39 is 0 Å². The number of furan rings is 1. The standard InChI is InChI=1S/C44H25N3OS/c1-2-12-26(13-3-1)42-41-32-18-8-11-21-39(32)49-43(41)46-44(45-42)47-35-19-9-6-17-31(35)40-30-16-5-4-14-28(30)33(25-36(40)47)27-22-23-38-34(24-27)29-15-7-10-20-37(29)48-38/h1-25H. The summed E-state index contributed by atoms with van der Waals surface area (Å²) >= 11 is 1.72. The van der Waals surface area contributed by atoms with E-state index in [-0.39, 0.29) is 0 Å². The van der Waals surface area contributed by atoms with Gasteiger partial charge in [-0.05, 0) is 58.3 Å². The molecule has 7 aromatic carbocycles. The molecule has 0 radical (unpaired) electrons. The van der Waals surface area contributed by atoms with Crippen molar-refractivity contribution in [3.63, 3.8) is 0 Å². The van der Waals surface area contributed by atoms with Crippen molar-refractivity contribution in [2.75, 3.05) is 0 Å². The molecule has 11 aromatic rings. The minimum atomic E-state index is 0.668. The van der Waals surface area contributed by atoms with Crippen molar-refractivity contribution in [1.29, 1.82) is 0 Å². The molecule has 0 spiro atoms. The van der Waals surface area contributed by atoms with Crippen LogP contribution in [0.3, 0.4) is 0 Å². The third-order valence-electron chi connectivity index (χ3n) is 9.84. The number of thiophene rings is 1. The fraction of sp³-hybridized carbons (Fsp3) is 0. The van der Waals surface area contributed by atoms with E-state index >= 15 is 0 Å². The average Bonchev–Trinajstić information content (AvgIpc) is 3.83. The minimum absolute atomic E-state index is 0.668. The Balaban J connectivity index is 1.27. The van der Waals surface area contributed by atoms with E-state index in [1.807, 2.05) is 12.1 Å². The Morgan fingerprint density at radius 3 is 2.04 bits per heavy atom. The predicted molar refractivity (Wildman–Crippen MR) is 205 cm³/mol. The molecule has 0 unspecified atom stereocenters. The second-order valence-corrected chi connectivity index (χ2v) is 13.6. The zero-order valence-electron chi connectivity index (χ0n) is 26.1. The van der Waals surface area contributed by atoms with Gasteiger partial charge in [-0.1, -0.05) is 115 Å². The number of rotatable bonds is 3. The Morgan fingerprint density at radius 1 is 0.469 bits per heavy atom. The van der Waals surface area contributed by atoms with Gasteiger partial charge in [-0.25, -0.2) is 9.97 Å². The third-order valence-corrected chi connectivity index (χ3v) is 10.9. The second-order valence-electron chi connectivity index (χ2n) is 12.5. The van der Waals surface area contributed by atoms with Crippen molar-refractivity contribution >= 4 is 86.2 Å². The molecule has 0 aliphatic heterocycles. The summed E-state index contributed by atoms with van der Waals surface area (Å²) in [6.07, 6.45) is 0. The monoisotopic (exact) mass is 643 g/mol. The van der Waals surface area contributed by atoms with E-state index in [1.54, 1.807) is 11.3 Å². The van der Waals surface area contributed by atoms with Gasteiger partial charge >= 0.3 is 0 Å². The Kier molecular flexibility index (Phi) is 5.51. The van der Waals surface area contributed by atoms with Gasteiger partial charge in [0, 0.05) is 42.6 Å². The quantitative estimate of drug-likeness (QED) is 0.192. The third kappa shape index (κ3) is 3.85. The van der Waals surface area contributed by atoms with Crippen LogP contribution < -0.4 is 0 Å². The van der Waals surface area contributed by atoms with Gasteiger partial charge in [0.15, 0.2) is 0 Å². The first kappa shape index (κ1) is 26.7. The van der Waals surface area contributed by atoms with Crippen LogP contribution in [0.1, 0.15) is 0 Å². The maximum absolute atomic E-state index is 6.20. The lowest BCUT2D eigenvalue weighted by Crippen LogP contribution is -2.02. The van der Waals surface area contributed by atoms with E-state index in [0.29, 0.717) is 5.95 Å². The SMILES string of the molecule is c1ccc(-c2nc(-n3c4ccccc4c4c5ccccc5c(-c5ccc6oc7ccccc7c6c5)cc43)nc3sc4ccccc4c23)cc1. The summed E-state index contributed by atoms with van der Waals surface area (Å²) in [7, 11) is 0. The molecule has 0 bridgehead atoms. The van der Waals surface area contributed by atoms with Gasteiger partial charge in [0.05, 0.1) is 16.7 Å². The van der Waals surface area contributed by atoms with Crippen LogP contribution in [0.25, 0.3) is 103 Å². The van der Waals surface area contributed by atoms with Crippen molar-refractivity contribution in [3.8, 4) is 28.3 Å². The molecular weight excluding hydrogens is 619 g/mol. The molecule has 49 heavy (non-hydrogen) atoms. The van der Waals surface area contributed by atoms with Crippen molar-refractivity contribution in [3.05, 3.63) is 152 Å². The first-order valence-electron chi connectivity index (χ1n) is 16.4. The smallest absolute Gasteiger partial charge is 0.236 e. The van der Waals surface area contributed by atoms with Crippen LogP contribution in [0, 0.1) is 0 Å². The first-order valence-corrected chi connectivity index (χ1v) is 17.2. The van der Waals surface area contributed by atoms with Crippen LogP contribution in [-0.2, 0) is 0 Å². The van der Waals surface area contributed by atoms with E-state index in [2.05, 4.69) is 144 Å². The highest BCUT2D eigenvalue weighted by Gasteiger charge is 2.22. The Labute approximate surface area is 284 Å². The van der Waals surface area contributed by atoms with Crippen molar-refractivity contribution in [2.24, 2.45) is 0 Å². The molecule has 0 atom stereocenters. The molecule has 4 heterocycles. The summed E-state index contributed by atoms with van der Waals surface area (Å²) in [6, 6.07) is 53.6. The molecule has 4 aromatic heterocycles. The summed E-state index contributed by atoms with van der Waals surface area (Å²) in [5.74, 6) is 0.668. The van der Waals surface area contributed by atoms with Crippen LogP contribution in [0.2, 0.25) is 0 Å². The number of hydrogen-bond acceptors (Lipinski definition) is 4. The number of fused-ring (bicyclic) bond motifs is 11. The van der Waals surface area contributed by atoms with Crippen LogP contribution in [0.5, 0.6) is 0 Å². The van der Waals surface area contributed by atoms with Crippen LogP contribution in [-0.4, -0.2) is 14.5 Å². The van der Waals surface area contributed by atoms with Crippen molar-refractivity contribution < 1.29 is 4.42 Å². The highest BCUT2D eigenvalue weighted by molar-refractivity contribution is 7.25. The predicted octanol–water partition coefficient (Wildman–Crippen LogP) is 12.3.